The molecule has 1 unspecified atom stereocenters. The number of rotatable bonds is 3. The number of morpholine rings is 1. The minimum Gasteiger partial charge on any atom is -0.495 e. The Balaban J connectivity index is 2.14. The molecule has 6 heteroatoms. The van der Waals surface area contributed by atoms with Crippen LogP contribution in [0.15, 0.2) is 29.1 Å². The Morgan fingerprint density at radius 1 is 1.29 bits per heavy atom. The topological polar surface area (TPSA) is 60.8 Å². The highest BCUT2D eigenvalue weighted by Gasteiger charge is 2.26. The standard InChI is InChI=1S/C18H22N2O4/c1-12-11-16(21)20(17-14(12)5-4-6-15(17)23-3)13(2)18(22)19-7-9-24-10-8-19/h4-6,11,13H,7-10H2,1-3H3. The molecule has 3 rings (SSSR count). The third kappa shape index (κ3) is 2.78. The van der Waals surface area contributed by atoms with Gasteiger partial charge in [0.1, 0.15) is 11.8 Å². The molecule has 2 aromatic rings. The van der Waals surface area contributed by atoms with E-state index in [4.69, 9.17) is 9.47 Å². The van der Waals surface area contributed by atoms with E-state index in [0.717, 1.165) is 10.9 Å². The van der Waals surface area contributed by atoms with E-state index in [-0.39, 0.29) is 11.5 Å². The van der Waals surface area contributed by atoms with Crippen LogP contribution in [0.4, 0.5) is 0 Å². The normalized spacial score (nSPS) is 16.2. The molecule has 1 aromatic heterocycles. The van der Waals surface area contributed by atoms with Crippen molar-refractivity contribution >= 4 is 16.8 Å². The Morgan fingerprint density at radius 3 is 2.67 bits per heavy atom. The summed E-state index contributed by atoms with van der Waals surface area (Å²) in [6.07, 6.45) is 0. The number of pyridine rings is 1. The summed E-state index contributed by atoms with van der Waals surface area (Å²) in [5, 5.41) is 0.913. The number of carbonyl (C=O) groups is 1. The maximum Gasteiger partial charge on any atom is 0.252 e. The largest absolute Gasteiger partial charge is 0.495 e. The summed E-state index contributed by atoms with van der Waals surface area (Å²) < 4.78 is 12.3. The van der Waals surface area contributed by atoms with Crippen molar-refractivity contribution in [2.24, 2.45) is 0 Å². The third-order valence-corrected chi connectivity index (χ3v) is 4.53. The average Bonchev–Trinajstić information content (AvgIpc) is 2.61. The zero-order valence-corrected chi connectivity index (χ0v) is 14.2. The second-order valence-corrected chi connectivity index (χ2v) is 6.01. The summed E-state index contributed by atoms with van der Waals surface area (Å²) >= 11 is 0. The second-order valence-electron chi connectivity index (χ2n) is 6.01. The van der Waals surface area contributed by atoms with Crippen molar-refractivity contribution in [3.63, 3.8) is 0 Å². The van der Waals surface area contributed by atoms with E-state index in [2.05, 4.69) is 0 Å². The van der Waals surface area contributed by atoms with Gasteiger partial charge in [0.05, 0.1) is 25.8 Å². The highest BCUT2D eigenvalue weighted by atomic mass is 16.5. The van der Waals surface area contributed by atoms with Crippen LogP contribution in [0, 0.1) is 6.92 Å². The fourth-order valence-electron chi connectivity index (χ4n) is 3.24. The average molecular weight is 330 g/mol. The maximum absolute atomic E-state index is 12.8. The van der Waals surface area contributed by atoms with Gasteiger partial charge in [-0.05, 0) is 25.5 Å². The van der Waals surface area contributed by atoms with Crippen molar-refractivity contribution < 1.29 is 14.3 Å². The Labute approximate surface area is 140 Å². The van der Waals surface area contributed by atoms with Crippen molar-refractivity contribution in [3.8, 4) is 5.75 Å². The molecule has 0 aliphatic carbocycles. The number of ether oxygens (including phenoxy) is 2. The Morgan fingerprint density at radius 2 is 2.00 bits per heavy atom. The number of aromatic nitrogens is 1. The summed E-state index contributed by atoms with van der Waals surface area (Å²) in [5.41, 5.74) is 1.34. The highest BCUT2D eigenvalue weighted by Crippen LogP contribution is 2.28. The van der Waals surface area contributed by atoms with Crippen molar-refractivity contribution in [1.82, 2.24) is 9.47 Å². The quantitative estimate of drug-likeness (QED) is 0.860. The molecule has 2 heterocycles. The molecule has 24 heavy (non-hydrogen) atoms. The molecule has 0 saturated carbocycles. The molecule has 128 valence electrons. The number of benzene rings is 1. The van der Waals surface area contributed by atoms with Crippen LogP contribution in [0.1, 0.15) is 18.5 Å². The number of hydrogen-bond donors (Lipinski definition) is 0. The van der Waals surface area contributed by atoms with Crippen LogP contribution in [0.3, 0.4) is 0 Å². The molecule has 1 saturated heterocycles. The minimum absolute atomic E-state index is 0.0727. The van der Waals surface area contributed by atoms with Gasteiger partial charge in [-0.2, -0.15) is 0 Å². The molecule has 6 nitrogen and oxygen atoms in total. The van der Waals surface area contributed by atoms with Crippen molar-refractivity contribution in [2.75, 3.05) is 33.4 Å². The number of nitrogens with zero attached hydrogens (tertiary/aromatic N) is 2. The van der Waals surface area contributed by atoms with E-state index in [1.54, 1.807) is 29.6 Å². The molecule has 1 aromatic carbocycles. The van der Waals surface area contributed by atoms with Gasteiger partial charge in [0.25, 0.3) is 5.56 Å². The Hall–Kier alpha value is -2.34. The molecule has 0 spiro atoms. The molecular weight excluding hydrogens is 308 g/mol. The lowest BCUT2D eigenvalue weighted by Crippen LogP contribution is -2.45. The van der Waals surface area contributed by atoms with E-state index in [0.29, 0.717) is 37.6 Å². The van der Waals surface area contributed by atoms with Gasteiger partial charge >= 0.3 is 0 Å². The second kappa shape index (κ2) is 6.65. The van der Waals surface area contributed by atoms with Crippen LogP contribution in [0.2, 0.25) is 0 Å². The van der Waals surface area contributed by atoms with Crippen molar-refractivity contribution in [2.45, 2.75) is 19.9 Å². The van der Waals surface area contributed by atoms with E-state index in [1.807, 2.05) is 25.1 Å². The summed E-state index contributed by atoms with van der Waals surface area (Å²) in [6.45, 7) is 5.83. The molecule has 1 aliphatic heterocycles. The van der Waals surface area contributed by atoms with Crippen LogP contribution in [0.5, 0.6) is 5.75 Å². The minimum atomic E-state index is -0.602. The summed E-state index contributed by atoms with van der Waals surface area (Å²) in [4.78, 5) is 27.3. The number of carbonyl (C=O) groups excluding carboxylic acids is 1. The first kappa shape index (κ1) is 16.5. The van der Waals surface area contributed by atoms with Crippen molar-refractivity contribution in [3.05, 3.63) is 40.2 Å². The molecular formula is C18H22N2O4. The van der Waals surface area contributed by atoms with E-state index < -0.39 is 6.04 Å². The predicted octanol–water partition coefficient (Wildman–Crippen LogP) is 1.74. The molecule has 1 aliphatic rings. The van der Waals surface area contributed by atoms with Gasteiger partial charge in [0, 0.05) is 24.5 Å². The maximum atomic E-state index is 12.8. The molecule has 0 bridgehead atoms. The van der Waals surface area contributed by atoms with E-state index in [9.17, 15) is 9.59 Å². The molecule has 0 radical (unpaired) electrons. The van der Waals surface area contributed by atoms with Crippen LogP contribution < -0.4 is 10.3 Å². The fourth-order valence-corrected chi connectivity index (χ4v) is 3.24. The number of para-hydroxylation sites is 1. The monoisotopic (exact) mass is 330 g/mol. The smallest absolute Gasteiger partial charge is 0.252 e. The molecule has 1 amide bonds. The number of methoxy groups -OCH3 is 1. The molecule has 1 atom stereocenters. The first-order valence-electron chi connectivity index (χ1n) is 8.10. The van der Waals surface area contributed by atoms with Crippen LogP contribution in [-0.4, -0.2) is 48.8 Å². The number of hydrogen-bond acceptors (Lipinski definition) is 4. The van der Waals surface area contributed by atoms with Crippen molar-refractivity contribution in [1.29, 1.82) is 0 Å². The van der Waals surface area contributed by atoms with Gasteiger partial charge in [0.2, 0.25) is 5.91 Å². The predicted molar refractivity (Wildman–Crippen MR) is 91.6 cm³/mol. The number of aryl methyl sites for hydroxylation is 1. The third-order valence-electron chi connectivity index (χ3n) is 4.53. The summed E-state index contributed by atoms with van der Waals surface area (Å²) in [7, 11) is 1.57. The van der Waals surface area contributed by atoms with Gasteiger partial charge < -0.3 is 14.4 Å². The Kier molecular flexibility index (Phi) is 4.57. The van der Waals surface area contributed by atoms with Crippen LogP contribution >= 0.6 is 0 Å². The van der Waals surface area contributed by atoms with Gasteiger partial charge in [-0.1, -0.05) is 12.1 Å². The lowest BCUT2D eigenvalue weighted by molar-refractivity contribution is -0.138. The van der Waals surface area contributed by atoms with Gasteiger partial charge in [0.15, 0.2) is 0 Å². The SMILES string of the molecule is COc1cccc2c(C)cc(=O)n(C(C)C(=O)N3CCOCC3)c12. The summed E-state index contributed by atoms with van der Waals surface area (Å²) in [6, 6.07) is 6.61. The number of amides is 1. The first-order chi connectivity index (χ1) is 11.5. The Bertz CT molecular complexity index is 822. The molecule has 1 fully saturated rings. The van der Waals surface area contributed by atoms with Gasteiger partial charge in [-0.25, -0.2) is 0 Å². The van der Waals surface area contributed by atoms with Gasteiger partial charge in [-0.15, -0.1) is 0 Å². The summed E-state index contributed by atoms with van der Waals surface area (Å²) in [5.74, 6) is 0.520. The van der Waals surface area contributed by atoms with E-state index >= 15 is 0 Å². The van der Waals surface area contributed by atoms with E-state index in [1.165, 1.54) is 0 Å². The van der Waals surface area contributed by atoms with Crippen LogP contribution in [-0.2, 0) is 9.53 Å². The zero-order valence-electron chi connectivity index (χ0n) is 14.2. The number of fused-ring (bicyclic) bond motifs is 1. The zero-order chi connectivity index (χ0) is 17.3. The van der Waals surface area contributed by atoms with Crippen LogP contribution in [0.25, 0.3) is 10.9 Å². The molecule has 0 N–H and O–H groups in total. The lowest BCUT2D eigenvalue weighted by atomic mass is 10.1. The van der Waals surface area contributed by atoms with Gasteiger partial charge in [-0.3, -0.25) is 14.2 Å². The highest BCUT2D eigenvalue weighted by molar-refractivity contribution is 5.90. The fraction of sp³-hybridized carbons (Fsp3) is 0.444. The first-order valence-corrected chi connectivity index (χ1v) is 8.10. The lowest BCUT2D eigenvalue weighted by Gasteiger charge is -2.30.